The van der Waals surface area contributed by atoms with Crippen molar-refractivity contribution < 1.29 is 9.53 Å². The Hall–Kier alpha value is -1.32. The monoisotopic (exact) mass is 222 g/mol. The molecule has 1 aliphatic rings. The topological polar surface area (TPSA) is 44.1 Å². The lowest BCUT2D eigenvalue weighted by Gasteiger charge is -2.22. The fourth-order valence-electron chi connectivity index (χ4n) is 2.23. The molecule has 0 bridgehead atoms. The molecule has 1 aromatic heterocycles. The fraction of sp³-hybridized carbons (Fsp3) is 0.667. The van der Waals surface area contributed by atoms with E-state index in [1.165, 1.54) is 32.1 Å². The van der Waals surface area contributed by atoms with E-state index < -0.39 is 0 Å². The van der Waals surface area contributed by atoms with Crippen LogP contribution in [0.5, 0.6) is 0 Å². The number of carbonyl (C=O) groups excluding carboxylic acids is 1. The van der Waals surface area contributed by atoms with Gasteiger partial charge in [0.1, 0.15) is 0 Å². The van der Waals surface area contributed by atoms with Crippen molar-refractivity contribution in [2.75, 3.05) is 6.61 Å². The Bertz CT molecular complexity index is 354. The summed E-state index contributed by atoms with van der Waals surface area (Å²) in [6.07, 6.45) is 9.83. The highest BCUT2D eigenvalue weighted by molar-refractivity contribution is 5.86. The van der Waals surface area contributed by atoms with Crippen LogP contribution in [0.3, 0.4) is 0 Å². The molecule has 1 fully saturated rings. The predicted molar refractivity (Wildman–Crippen MR) is 60.3 cm³/mol. The minimum atomic E-state index is -0.322. The van der Waals surface area contributed by atoms with Crippen molar-refractivity contribution in [3.05, 3.63) is 18.2 Å². The number of hydrogen-bond donors (Lipinski definition) is 0. The molecular formula is C12H18N2O2. The average Bonchev–Trinajstić information content (AvgIpc) is 2.80. The number of nitrogens with zero attached hydrogens (tertiary/aromatic N) is 2. The van der Waals surface area contributed by atoms with Crippen LogP contribution < -0.4 is 0 Å². The molecule has 16 heavy (non-hydrogen) atoms. The molecule has 0 aliphatic heterocycles. The van der Waals surface area contributed by atoms with Gasteiger partial charge in [-0.15, -0.1) is 0 Å². The van der Waals surface area contributed by atoms with Crippen LogP contribution >= 0.6 is 0 Å². The van der Waals surface area contributed by atoms with Gasteiger partial charge in [0.25, 0.3) is 0 Å². The van der Waals surface area contributed by atoms with Crippen LogP contribution in [0.25, 0.3) is 0 Å². The Morgan fingerprint density at radius 1 is 1.50 bits per heavy atom. The van der Waals surface area contributed by atoms with E-state index in [4.69, 9.17) is 4.74 Å². The largest absolute Gasteiger partial charge is 0.461 e. The van der Waals surface area contributed by atoms with Gasteiger partial charge in [0, 0.05) is 12.2 Å². The lowest BCUT2D eigenvalue weighted by molar-refractivity contribution is 0.0520. The van der Waals surface area contributed by atoms with E-state index in [2.05, 4.69) is 9.55 Å². The zero-order valence-corrected chi connectivity index (χ0v) is 9.69. The van der Waals surface area contributed by atoms with Gasteiger partial charge in [-0.05, 0) is 19.8 Å². The predicted octanol–water partition coefficient (Wildman–Crippen LogP) is 2.57. The summed E-state index contributed by atoms with van der Waals surface area (Å²) in [6, 6.07) is 0.518. The molecule has 2 rings (SSSR count). The summed E-state index contributed by atoms with van der Waals surface area (Å²) in [5, 5.41) is 0. The first kappa shape index (κ1) is 11.2. The maximum Gasteiger partial charge on any atom is 0.358 e. The summed E-state index contributed by atoms with van der Waals surface area (Å²) >= 11 is 0. The number of imidazole rings is 1. The van der Waals surface area contributed by atoms with Crippen LogP contribution in [0.4, 0.5) is 0 Å². The minimum Gasteiger partial charge on any atom is -0.461 e. The summed E-state index contributed by atoms with van der Waals surface area (Å²) in [5.41, 5.74) is 0.424. The van der Waals surface area contributed by atoms with Crippen LogP contribution in [-0.4, -0.2) is 22.1 Å². The molecule has 0 unspecified atom stereocenters. The molecule has 0 spiro atoms. The van der Waals surface area contributed by atoms with E-state index in [0.717, 1.165) is 0 Å². The Morgan fingerprint density at radius 2 is 2.25 bits per heavy atom. The fourth-order valence-corrected chi connectivity index (χ4v) is 2.23. The molecule has 1 heterocycles. The summed E-state index contributed by atoms with van der Waals surface area (Å²) in [7, 11) is 0. The molecule has 0 saturated heterocycles. The first-order chi connectivity index (χ1) is 7.81. The van der Waals surface area contributed by atoms with Crippen LogP contribution in [0.15, 0.2) is 12.5 Å². The first-order valence-corrected chi connectivity index (χ1v) is 6.02. The van der Waals surface area contributed by atoms with Crippen LogP contribution in [0.1, 0.15) is 55.6 Å². The van der Waals surface area contributed by atoms with Crippen LogP contribution in [0.2, 0.25) is 0 Å². The number of hydrogen-bond acceptors (Lipinski definition) is 3. The Kier molecular flexibility index (Phi) is 3.59. The number of aromatic nitrogens is 2. The number of carbonyl (C=O) groups is 1. The molecule has 1 saturated carbocycles. The number of ether oxygens (including phenoxy) is 1. The van der Waals surface area contributed by atoms with Crippen molar-refractivity contribution in [3.8, 4) is 0 Å². The van der Waals surface area contributed by atoms with E-state index in [1.54, 1.807) is 13.3 Å². The van der Waals surface area contributed by atoms with Crippen molar-refractivity contribution in [2.45, 2.75) is 45.1 Å². The standard InChI is InChI=1S/C12H18N2O2/c1-2-16-12(15)11-8-14(9-13-11)10-6-4-3-5-7-10/h8-10H,2-7H2,1H3. The number of esters is 1. The highest BCUT2D eigenvalue weighted by Gasteiger charge is 2.17. The zero-order chi connectivity index (χ0) is 11.4. The Morgan fingerprint density at radius 3 is 2.94 bits per heavy atom. The van der Waals surface area contributed by atoms with Gasteiger partial charge < -0.3 is 9.30 Å². The molecule has 88 valence electrons. The molecule has 0 atom stereocenters. The maximum atomic E-state index is 11.4. The highest BCUT2D eigenvalue weighted by atomic mass is 16.5. The summed E-state index contributed by atoms with van der Waals surface area (Å²) in [6.45, 7) is 2.20. The lowest BCUT2D eigenvalue weighted by Crippen LogP contribution is -2.11. The van der Waals surface area contributed by atoms with Gasteiger partial charge >= 0.3 is 5.97 Å². The average molecular weight is 222 g/mol. The van der Waals surface area contributed by atoms with E-state index in [1.807, 2.05) is 6.20 Å². The molecule has 0 amide bonds. The van der Waals surface area contributed by atoms with Crippen LogP contribution in [0, 0.1) is 0 Å². The smallest absolute Gasteiger partial charge is 0.358 e. The second kappa shape index (κ2) is 5.14. The van der Waals surface area contributed by atoms with Crippen molar-refractivity contribution >= 4 is 5.97 Å². The third kappa shape index (κ3) is 2.43. The third-order valence-corrected chi connectivity index (χ3v) is 3.08. The molecule has 0 aromatic carbocycles. The molecule has 4 heteroatoms. The summed E-state index contributed by atoms with van der Waals surface area (Å²) in [4.78, 5) is 15.5. The molecular weight excluding hydrogens is 204 g/mol. The van der Waals surface area contributed by atoms with E-state index >= 15 is 0 Å². The summed E-state index contributed by atoms with van der Waals surface area (Å²) in [5.74, 6) is -0.322. The van der Waals surface area contributed by atoms with Crippen molar-refractivity contribution in [1.29, 1.82) is 0 Å². The third-order valence-electron chi connectivity index (χ3n) is 3.08. The SMILES string of the molecule is CCOC(=O)c1cn(C2CCCCC2)cn1. The first-order valence-electron chi connectivity index (χ1n) is 6.02. The zero-order valence-electron chi connectivity index (χ0n) is 9.69. The molecule has 1 aliphatic carbocycles. The quantitative estimate of drug-likeness (QED) is 0.738. The van der Waals surface area contributed by atoms with Gasteiger partial charge in [-0.25, -0.2) is 9.78 Å². The highest BCUT2D eigenvalue weighted by Crippen LogP contribution is 2.27. The van der Waals surface area contributed by atoms with E-state index in [0.29, 0.717) is 18.3 Å². The lowest BCUT2D eigenvalue weighted by atomic mass is 9.95. The van der Waals surface area contributed by atoms with E-state index in [9.17, 15) is 4.79 Å². The normalized spacial score (nSPS) is 17.3. The molecule has 1 aromatic rings. The molecule has 4 nitrogen and oxygen atoms in total. The van der Waals surface area contributed by atoms with Crippen molar-refractivity contribution in [1.82, 2.24) is 9.55 Å². The van der Waals surface area contributed by atoms with Gasteiger partial charge in [-0.2, -0.15) is 0 Å². The molecule has 0 N–H and O–H groups in total. The van der Waals surface area contributed by atoms with Gasteiger partial charge in [-0.1, -0.05) is 19.3 Å². The Balaban J connectivity index is 2.03. The van der Waals surface area contributed by atoms with Gasteiger partial charge in [0.15, 0.2) is 5.69 Å². The molecule has 0 radical (unpaired) electrons. The minimum absolute atomic E-state index is 0.322. The van der Waals surface area contributed by atoms with Crippen molar-refractivity contribution in [2.24, 2.45) is 0 Å². The van der Waals surface area contributed by atoms with Crippen molar-refractivity contribution in [3.63, 3.8) is 0 Å². The summed E-state index contributed by atoms with van der Waals surface area (Å²) < 4.78 is 6.97. The van der Waals surface area contributed by atoms with Crippen LogP contribution in [-0.2, 0) is 4.74 Å². The Labute approximate surface area is 95.6 Å². The number of rotatable bonds is 3. The van der Waals surface area contributed by atoms with Gasteiger partial charge in [0.2, 0.25) is 0 Å². The maximum absolute atomic E-state index is 11.4. The van der Waals surface area contributed by atoms with E-state index in [-0.39, 0.29) is 5.97 Å². The second-order valence-corrected chi connectivity index (χ2v) is 4.22. The van der Waals surface area contributed by atoms with Gasteiger partial charge in [-0.3, -0.25) is 0 Å². The van der Waals surface area contributed by atoms with Gasteiger partial charge in [0.05, 0.1) is 12.9 Å². The second-order valence-electron chi connectivity index (χ2n) is 4.22.